The molecular formula is C27H32N8O4S2. The van der Waals surface area contributed by atoms with Crippen molar-refractivity contribution in [3.63, 3.8) is 0 Å². The summed E-state index contributed by atoms with van der Waals surface area (Å²) in [5, 5.41) is 7.06. The Labute approximate surface area is 242 Å². The number of sulfonamides is 1. The lowest BCUT2D eigenvalue weighted by Crippen LogP contribution is -2.50. The lowest BCUT2D eigenvalue weighted by atomic mass is 10.1. The SMILES string of the molecule is COC(=O)Nc1nc(C)c(S(=O)(=O)N2CCN(C[C@H](C)Nc3ncnc4c(-c5cccc(C)n5)cccc34)CC2)s1. The van der Waals surface area contributed by atoms with Crippen molar-refractivity contribution in [2.75, 3.05) is 50.5 Å². The Bertz CT molecular complexity index is 1670. The Balaban J connectivity index is 1.22. The van der Waals surface area contributed by atoms with Crippen LogP contribution in [-0.4, -0.2) is 89.5 Å². The molecule has 2 N–H and O–H groups in total. The van der Waals surface area contributed by atoms with E-state index in [4.69, 9.17) is 0 Å². The number of methoxy groups -OCH3 is 1. The molecule has 3 aromatic heterocycles. The van der Waals surface area contributed by atoms with Gasteiger partial charge in [-0.25, -0.2) is 28.2 Å². The number of nitrogens with one attached hydrogen (secondary N) is 2. The number of aryl methyl sites for hydroxylation is 2. The molecule has 1 aliphatic heterocycles. The molecule has 216 valence electrons. The van der Waals surface area contributed by atoms with Crippen LogP contribution in [0.5, 0.6) is 0 Å². The highest BCUT2D eigenvalue weighted by atomic mass is 32.2. The van der Waals surface area contributed by atoms with E-state index in [0.29, 0.717) is 38.4 Å². The number of amides is 1. The summed E-state index contributed by atoms with van der Waals surface area (Å²) in [7, 11) is -2.50. The fraction of sp³-hybridized carbons (Fsp3) is 0.370. The fourth-order valence-electron chi connectivity index (χ4n) is 4.85. The van der Waals surface area contributed by atoms with Gasteiger partial charge in [-0.3, -0.25) is 15.2 Å². The molecule has 0 radical (unpaired) electrons. The van der Waals surface area contributed by atoms with Gasteiger partial charge in [-0.15, -0.1) is 0 Å². The molecule has 1 aliphatic rings. The Kier molecular flexibility index (Phi) is 8.45. The number of pyridine rings is 1. The van der Waals surface area contributed by atoms with Gasteiger partial charge in [-0.05, 0) is 39.0 Å². The molecule has 1 atom stereocenters. The van der Waals surface area contributed by atoms with Crippen molar-refractivity contribution in [3.8, 4) is 11.3 Å². The van der Waals surface area contributed by atoms with Gasteiger partial charge < -0.3 is 10.1 Å². The highest BCUT2D eigenvalue weighted by molar-refractivity contribution is 7.91. The molecule has 0 saturated carbocycles. The average molecular weight is 597 g/mol. The fourth-order valence-corrected chi connectivity index (χ4v) is 7.81. The van der Waals surface area contributed by atoms with E-state index in [9.17, 15) is 13.2 Å². The molecule has 14 heteroatoms. The number of nitrogens with zero attached hydrogens (tertiary/aromatic N) is 6. The number of hydrogen-bond donors (Lipinski definition) is 2. The number of piperazine rings is 1. The first-order valence-corrected chi connectivity index (χ1v) is 15.4. The molecule has 1 fully saturated rings. The van der Waals surface area contributed by atoms with E-state index < -0.39 is 16.1 Å². The number of hydrogen-bond acceptors (Lipinski definition) is 11. The number of carbonyl (C=O) groups is 1. The molecule has 0 bridgehead atoms. The predicted molar refractivity (Wildman–Crippen MR) is 159 cm³/mol. The summed E-state index contributed by atoms with van der Waals surface area (Å²) in [5.41, 5.74) is 3.94. The number of ether oxygens (including phenoxy) is 1. The summed E-state index contributed by atoms with van der Waals surface area (Å²) in [5.74, 6) is 0.746. The highest BCUT2D eigenvalue weighted by Crippen LogP contribution is 2.31. The van der Waals surface area contributed by atoms with Crippen LogP contribution in [0.2, 0.25) is 0 Å². The smallest absolute Gasteiger partial charge is 0.413 e. The second-order valence-corrected chi connectivity index (χ2v) is 13.0. The van der Waals surface area contributed by atoms with Gasteiger partial charge in [-0.1, -0.05) is 29.5 Å². The maximum atomic E-state index is 13.3. The van der Waals surface area contributed by atoms with Crippen molar-refractivity contribution in [2.45, 2.75) is 31.0 Å². The van der Waals surface area contributed by atoms with Crippen LogP contribution < -0.4 is 10.6 Å². The minimum Gasteiger partial charge on any atom is -0.453 e. The molecule has 1 aromatic carbocycles. The molecule has 1 amide bonds. The molecule has 4 heterocycles. The first-order valence-electron chi connectivity index (χ1n) is 13.1. The third kappa shape index (κ3) is 6.30. The normalized spacial score (nSPS) is 15.5. The summed E-state index contributed by atoms with van der Waals surface area (Å²) in [6.07, 6.45) is 0.867. The van der Waals surface area contributed by atoms with Crippen LogP contribution in [0.25, 0.3) is 22.2 Å². The van der Waals surface area contributed by atoms with Gasteiger partial charge in [0.2, 0.25) is 0 Å². The van der Waals surface area contributed by atoms with E-state index in [1.54, 1.807) is 13.3 Å². The monoisotopic (exact) mass is 596 g/mol. The minimum absolute atomic E-state index is 0.0488. The van der Waals surface area contributed by atoms with Crippen molar-refractivity contribution < 1.29 is 17.9 Å². The zero-order valence-electron chi connectivity index (χ0n) is 23.3. The van der Waals surface area contributed by atoms with E-state index in [-0.39, 0.29) is 15.4 Å². The van der Waals surface area contributed by atoms with Crippen molar-refractivity contribution in [1.29, 1.82) is 0 Å². The van der Waals surface area contributed by atoms with Gasteiger partial charge in [0.1, 0.15) is 12.1 Å². The second-order valence-electron chi connectivity index (χ2n) is 9.85. The largest absolute Gasteiger partial charge is 0.453 e. The number of carbonyl (C=O) groups excluding carboxylic acids is 1. The predicted octanol–water partition coefficient (Wildman–Crippen LogP) is 3.75. The van der Waals surface area contributed by atoms with E-state index in [1.165, 1.54) is 11.4 Å². The van der Waals surface area contributed by atoms with Crippen molar-refractivity contribution in [3.05, 3.63) is 54.1 Å². The van der Waals surface area contributed by atoms with E-state index >= 15 is 0 Å². The van der Waals surface area contributed by atoms with E-state index in [2.05, 4.69) is 47.1 Å². The maximum absolute atomic E-state index is 13.3. The molecule has 41 heavy (non-hydrogen) atoms. The van der Waals surface area contributed by atoms with Crippen LogP contribution >= 0.6 is 11.3 Å². The quantitative estimate of drug-likeness (QED) is 0.309. The minimum atomic E-state index is -3.74. The average Bonchev–Trinajstić information content (AvgIpc) is 3.33. The Morgan fingerprint density at radius 2 is 1.83 bits per heavy atom. The van der Waals surface area contributed by atoms with Crippen LogP contribution in [0.3, 0.4) is 0 Å². The van der Waals surface area contributed by atoms with Gasteiger partial charge in [0.25, 0.3) is 10.0 Å². The number of anilines is 2. The van der Waals surface area contributed by atoms with Crippen LogP contribution in [0.4, 0.5) is 15.7 Å². The topological polar surface area (TPSA) is 143 Å². The first-order chi connectivity index (χ1) is 19.7. The van der Waals surface area contributed by atoms with Crippen LogP contribution in [-0.2, 0) is 14.8 Å². The second kappa shape index (κ2) is 12.0. The summed E-state index contributed by atoms with van der Waals surface area (Å²) in [4.78, 5) is 31.6. The molecule has 4 aromatic rings. The van der Waals surface area contributed by atoms with Crippen molar-refractivity contribution >= 4 is 49.3 Å². The standard InChI is InChI=1S/C27H32N8O4S2/c1-17-7-5-10-22(30-17)20-8-6-9-21-23(20)28-16-29-24(21)31-18(2)15-34-11-13-35(14-12-34)41(37,38)25-19(3)32-26(40-25)33-27(36)39-4/h5-10,16,18H,11-15H2,1-4H3,(H,28,29,31)(H,32,33,36)/t18-/m0/s1. The molecule has 5 rings (SSSR count). The van der Waals surface area contributed by atoms with Crippen molar-refractivity contribution in [1.82, 2.24) is 29.1 Å². The van der Waals surface area contributed by atoms with Gasteiger partial charge in [0, 0.05) is 55.4 Å². The number of fused-ring (bicyclic) bond motifs is 1. The van der Waals surface area contributed by atoms with Gasteiger partial charge in [-0.2, -0.15) is 4.31 Å². The Morgan fingerprint density at radius 3 is 2.56 bits per heavy atom. The maximum Gasteiger partial charge on any atom is 0.413 e. The summed E-state index contributed by atoms with van der Waals surface area (Å²) in [6, 6.07) is 12.0. The van der Waals surface area contributed by atoms with Crippen LogP contribution in [0.1, 0.15) is 18.3 Å². The number of aromatic nitrogens is 4. The lowest BCUT2D eigenvalue weighted by Gasteiger charge is -2.35. The third-order valence-corrected chi connectivity index (χ3v) is 10.4. The van der Waals surface area contributed by atoms with Gasteiger partial charge in [0.05, 0.1) is 24.0 Å². The lowest BCUT2D eigenvalue weighted by molar-refractivity contribution is 0.184. The van der Waals surface area contributed by atoms with Gasteiger partial charge >= 0.3 is 6.09 Å². The molecule has 0 unspecified atom stereocenters. The van der Waals surface area contributed by atoms with E-state index in [1.807, 2.05) is 43.3 Å². The van der Waals surface area contributed by atoms with Crippen LogP contribution in [0, 0.1) is 13.8 Å². The Morgan fingerprint density at radius 1 is 1.07 bits per heavy atom. The highest BCUT2D eigenvalue weighted by Gasteiger charge is 2.32. The van der Waals surface area contributed by atoms with Gasteiger partial charge in [0.15, 0.2) is 9.34 Å². The summed E-state index contributed by atoms with van der Waals surface area (Å²) >= 11 is 0.925. The zero-order valence-corrected chi connectivity index (χ0v) is 24.9. The number of thiazole rings is 1. The molecule has 0 spiro atoms. The molecular weight excluding hydrogens is 564 g/mol. The summed E-state index contributed by atoms with van der Waals surface area (Å²) < 4.78 is 32.8. The van der Waals surface area contributed by atoms with Crippen LogP contribution in [0.15, 0.2) is 46.9 Å². The van der Waals surface area contributed by atoms with E-state index in [0.717, 1.165) is 45.0 Å². The summed E-state index contributed by atoms with van der Waals surface area (Å²) in [6.45, 7) is 8.27. The van der Waals surface area contributed by atoms with Crippen molar-refractivity contribution in [2.24, 2.45) is 0 Å². The number of benzene rings is 1. The molecule has 12 nitrogen and oxygen atoms in total. The number of rotatable bonds is 8. The first kappa shape index (κ1) is 28.8. The molecule has 0 aliphatic carbocycles. The Hall–Kier alpha value is -3.72. The number of para-hydroxylation sites is 1. The third-order valence-electron chi connectivity index (χ3n) is 6.80. The molecule has 1 saturated heterocycles. The zero-order chi connectivity index (χ0) is 29.1.